The molecule has 1 unspecified atom stereocenters. The second kappa shape index (κ2) is 6.94. The molecule has 0 saturated heterocycles. The van der Waals surface area contributed by atoms with Crippen molar-refractivity contribution < 1.29 is 4.74 Å². The van der Waals surface area contributed by atoms with Crippen LogP contribution in [0.5, 0.6) is 0 Å². The molecule has 0 aromatic heterocycles. The molecule has 1 fully saturated rings. The molecule has 19 heavy (non-hydrogen) atoms. The number of methoxy groups -OCH3 is 1. The van der Waals surface area contributed by atoms with Crippen LogP contribution in [0, 0.1) is 0 Å². The lowest BCUT2D eigenvalue weighted by Gasteiger charge is -2.31. The van der Waals surface area contributed by atoms with Crippen molar-refractivity contribution in [2.75, 3.05) is 7.11 Å². The van der Waals surface area contributed by atoms with Gasteiger partial charge >= 0.3 is 0 Å². The van der Waals surface area contributed by atoms with Gasteiger partial charge in [0.25, 0.3) is 0 Å². The summed E-state index contributed by atoms with van der Waals surface area (Å²) in [4.78, 5) is 0. The van der Waals surface area contributed by atoms with Gasteiger partial charge in [-0.25, -0.2) is 0 Å². The zero-order valence-corrected chi connectivity index (χ0v) is 13.0. The van der Waals surface area contributed by atoms with Crippen LogP contribution in [0.25, 0.3) is 0 Å². The van der Waals surface area contributed by atoms with E-state index in [0.717, 1.165) is 36.3 Å². The van der Waals surface area contributed by atoms with Gasteiger partial charge in [0.05, 0.1) is 6.10 Å². The highest BCUT2D eigenvalue weighted by Crippen LogP contribution is 2.28. The quantitative estimate of drug-likeness (QED) is 0.877. The molecule has 2 rings (SSSR count). The SMILES string of the molecule is COC1CCC(NC(C)c2ccc(Cl)cc2Cl)CC1. The van der Waals surface area contributed by atoms with Gasteiger partial charge in [0, 0.05) is 29.2 Å². The van der Waals surface area contributed by atoms with Gasteiger partial charge < -0.3 is 10.1 Å². The summed E-state index contributed by atoms with van der Waals surface area (Å²) in [5.74, 6) is 0. The normalized spacial score (nSPS) is 25.3. The monoisotopic (exact) mass is 301 g/mol. The second-order valence-corrected chi connectivity index (χ2v) is 6.11. The molecule has 0 heterocycles. The van der Waals surface area contributed by atoms with Gasteiger partial charge in [0.15, 0.2) is 0 Å². The fourth-order valence-electron chi connectivity index (χ4n) is 2.76. The first-order chi connectivity index (χ1) is 9.10. The van der Waals surface area contributed by atoms with Crippen molar-refractivity contribution in [3.8, 4) is 0 Å². The van der Waals surface area contributed by atoms with Crippen LogP contribution in [0.4, 0.5) is 0 Å². The topological polar surface area (TPSA) is 21.3 Å². The molecule has 106 valence electrons. The summed E-state index contributed by atoms with van der Waals surface area (Å²) < 4.78 is 5.40. The Bertz CT molecular complexity index is 417. The van der Waals surface area contributed by atoms with Crippen molar-refractivity contribution in [3.63, 3.8) is 0 Å². The van der Waals surface area contributed by atoms with E-state index in [9.17, 15) is 0 Å². The van der Waals surface area contributed by atoms with Crippen molar-refractivity contribution in [1.29, 1.82) is 0 Å². The van der Waals surface area contributed by atoms with Gasteiger partial charge in [0.1, 0.15) is 0 Å². The summed E-state index contributed by atoms with van der Waals surface area (Å²) in [7, 11) is 1.80. The summed E-state index contributed by atoms with van der Waals surface area (Å²) in [6.07, 6.45) is 5.03. The first kappa shape index (κ1) is 15.1. The lowest BCUT2D eigenvalue weighted by Crippen LogP contribution is -2.36. The highest BCUT2D eigenvalue weighted by Gasteiger charge is 2.22. The molecule has 0 spiro atoms. The van der Waals surface area contributed by atoms with Crippen molar-refractivity contribution in [3.05, 3.63) is 33.8 Å². The fraction of sp³-hybridized carbons (Fsp3) is 0.600. The zero-order chi connectivity index (χ0) is 13.8. The molecule has 1 aliphatic rings. The third kappa shape index (κ3) is 4.09. The Morgan fingerprint density at radius 3 is 2.47 bits per heavy atom. The van der Waals surface area contributed by atoms with Gasteiger partial charge in [-0.15, -0.1) is 0 Å². The number of nitrogens with one attached hydrogen (secondary N) is 1. The Hall–Kier alpha value is -0.280. The van der Waals surface area contributed by atoms with E-state index < -0.39 is 0 Å². The molecule has 0 aliphatic heterocycles. The maximum Gasteiger partial charge on any atom is 0.0572 e. The van der Waals surface area contributed by atoms with E-state index in [-0.39, 0.29) is 6.04 Å². The van der Waals surface area contributed by atoms with E-state index in [2.05, 4.69) is 12.2 Å². The third-order valence-corrected chi connectivity index (χ3v) is 4.48. The first-order valence-electron chi connectivity index (χ1n) is 6.84. The van der Waals surface area contributed by atoms with Crippen LogP contribution >= 0.6 is 23.2 Å². The maximum absolute atomic E-state index is 6.24. The lowest BCUT2D eigenvalue weighted by atomic mass is 9.92. The fourth-order valence-corrected chi connectivity index (χ4v) is 3.33. The molecule has 1 aromatic rings. The van der Waals surface area contributed by atoms with Crippen LogP contribution in [0.2, 0.25) is 10.0 Å². The molecule has 0 bridgehead atoms. The van der Waals surface area contributed by atoms with E-state index in [4.69, 9.17) is 27.9 Å². The third-order valence-electron chi connectivity index (χ3n) is 3.92. The Labute approximate surface area is 125 Å². The van der Waals surface area contributed by atoms with E-state index in [1.807, 2.05) is 12.1 Å². The molecule has 2 nitrogen and oxygen atoms in total. The first-order valence-corrected chi connectivity index (χ1v) is 7.59. The Kier molecular flexibility index (Phi) is 5.52. The highest BCUT2D eigenvalue weighted by atomic mass is 35.5. The molecular formula is C15H21Cl2NO. The second-order valence-electron chi connectivity index (χ2n) is 5.26. The highest BCUT2D eigenvalue weighted by molar-refractivity contribution is 6.35. The van der Waals surface area contributed by atoms with Crippen molar-refractivity contribution in [2.45, 2.75) is 50.8 Å². The average molecular weight is 302 g/mol. The molecule has 1 aliphatic carbocycles. The summed E-state index contributed by atoms with van der Waals surface area (Å²) in [5.41, 5.74) is 1.11. The van der Waals surface area contributed by atoms with Gasteiger partial charge in [-0.2, -0.15) is 0 Å². The van der Waals surface area contributed by atoms with Crippen LogP contribution < -0.4 is 5.32 Å². The number of rotatable bonds is 4. The molecule has 1 aromatic carbocycles. The smallest absolute Gasteiger partial charge is 0.0572 e. The van der Waals surface area contributed by atoms with Crippen molar-refractivity contribution >= 4 is 23.2 Å². The minimum absolute atomic E-state index is 0.244. The number of halogens is 2. The number of hydrogen-bond acceptors (Lipinski definition) is 2. The molecule has 1 N–H and O–H groups in total. The summed E-state index contributed by atoms with van der Waals surface area (Å²) in [6.45, 7) is 2.15. The van der Waals surface area contributed by atoms with Gasteiger partial charge in [0.2, 0.25) is 0 Å². The summed E-state index contributed by atoms with van der Waals surface area (Å²) >= 11 is 12.2. The van der Waals surface area contributed by atoms with Gasteiger partial charge in [-0.05, 0) is 50.3 Å². The molecule has 0 radical (unpaired) electrons. The zero-order valence-electron chi connectivity index (χ0n) is 11.5. The van der Waals surface area contributed by atoms with E-state index in [1.54, 1.807) is 13.2 Å². The van der Waals surface area contributed by atoms with E-state index in [0.29, 0.717) is 17.2 Å². The molecule has 0 amide bonds. The maximum atomic E-state index is 6.24. The van der Waals surface area contributed by atoms with Crippen LogP contribution in [0.3, 0.4) is 0 Å². The number of hydrogen-bond donors (Lipinski definition) is 1. The molecular weight excluding hydrogens is 281 g/mol. The van der Waals surface area contributed by atoms with Crippen LogP contribution in [0.1, 0.15) is 44.2 Å². The molecule has 4 heteroatoms. The summed E-state index contributed by atoms with van der Waals surface area (Å²) in [5, 5.41) is 5.07. The van der Waals surface area contributed by atoms with E-state index >= 15 is 0 Å². The molecule has 1 atom stereocenters. The Morgan fingerprint density at radius 2 is 1.89 bits per heavy atom. The van der Waals surface area contributed by atoms with E-state index in [1.165, 1.54) is 0 Å². The summed E-state index contributed by atoms with van der Waals surface area (Å²) in [6, 6.07) is 6.49. The van der Waals surface area contributed by atoms with Gasteiger partial charge in [-0.1, -0.05) is 29.3 Å². The predicted molar refractivity (Wildman–Crippen MR) is 81.1 cm³/mol. The average Bonchev–Trinajstić information content (AvgIpc) is 2.39. The standard InChI is InChI=1S/C15H21Cl2NO/c1-10(14-8-3-11(16)9-15(14)17)18-12-4-6-13(19-2)7-5-12/h3,8-10,12-13,18H,4-7H2,1-2H3. The van der Waals surface area contributed by atoms with Crippen LogP contribution in [0.15, 0.2) is 18.2 Å². The number of benzene rings is 1. The van der Waals surface area contributed by atoms with Crippen LogP contribution in [-0.2, 0) is 4.74 Å². The van der Waals surface area contributed by atoms with Gasteiger partial charge in [-0.3, -0.25) is 0 Å². The minimum atomic E-state index is 0.244. The largest absolute Gasteiger partial charge is 0.381 e. The Balaban J connectivity index is 1.92. The number of ether oxygens (including phenoxy) is 1. The van der Waals surface area contributed by atoms with Crippen LogP contribution in [-0.4, -0.2) is 19.3 Å². The Morgan fingerprint density at radius 1 is 1.21 bits per heavy atom. The van der Waals surface area contributed by atoms with Crippen molar-refractivity contribution in [2.24, 2.45) is 0 Å². The predicted octanol–water partition coefficient (Wildman–Crippen LogP) is 4.60. The van der Waals surface area contributed by atoms with Crippen molar-refractivity contribution in [1.82, 2.24) is 5.32 Å². The minimum Gasteiger partial charge on any atom is -0.381 e. The lowest BCUT2D eigenvalue weighted by molar-refractivity contribution is 0.0614. The molecule has 1 saturated carbocycles.